The Morgan fingerprint density at radius 1 is 1.58 bits per heavy atom. The maximum absolute atomic E-state index is 5.51. The van der Waals surface area contributed by atoms with Crippen LogP contribution in [0.25, 0.3) is 0 Å². The van der Waals surface area contributed by atoms with E-state index in [1.165, 1.54) is 12.0 Å². The van der Waals surface area contributed by atoms with Gasteiger partial charge in [0.25, 0.3) is 0 Å². The van der Waals surface area contributed by atoms with Gasteiger partial charge in [0.1, 0.15) is 0 Å². The Bertz CT molecular complexity index is 227. The molecule has 0 aromatic carbocycles. The van der Waals surface area contributed by atoms with E-state index < -0.39 is 0 Å². The largest absolute Gasteiger partial charge is 0.354 e. The minimum Gasteiger partial charge on any atom is -0.354 e. The highest BCUT2D eigenvalue weighted by Crippen LogP contribution is 2.07. The zero-order valence-corrected chi connectivity index (χ0v) is 7.96. The molecule has 1 aromatic heterocycles. The SMILES string of the molecule is CCC(C)Cn1ccc(CN)c1. The molecular weight excluding hydrogens is 148 g/mol. The normalized spacial score (nSPS) is 13.2. The Morgan fingerprint density at radius 3 is 2.83 bits per heavy atom. The summed E-state index contributed by atoms with van der Waals surface area (Å²) >= 11 is 0. The highest BCUT2D eigenvalue weighted by Gasteiger charge is 2.00. The lowest BCUT2D eigenvalue weighted by atomic mass is 10.1. The first-order valence-electron chi connectivity index (χ1n) is 4.61. The summed E-state index contributed by atoms with van der Waals surface area (Å²) in [7, 11) is 0. The standard InChI is InChI=1S/C10H18N2/c1-3-9(2)7-12-5-4-10(6-11)8-12/h4-5,8-9H,3,6-7,11H2,1-2H3. The number of aromatic nitrogens is 1. The maximum atomic E-state index is 5.51. The van der Waals surface area contributed by atoms with Crippen LogP contribution in [0.3, 0.4) is 0 Å². The molecule has 0 aliphatic rings. The third-order valence-corrected chi connectivity index (χ3v) is 2.27. The van der Waals surface area contributed by atoms with Crippen LogP contribution in [0.4, 0.5) is 0 Å². The minimum absolute atomic E-state index is 0.646. The van der Waals surface area contributed by atoms with Gasteiger partial charge in [0.2, 0.25) is 0 Å². The molecule has 0 fully saturated rings. The van der Waals surface area contributed by atoms with E-state index in [9.17, 15) is 0 Å². The Labute approximate surface area is 74.4 Å². The molecule has 12 heavy (non-hydrogen) atoms. The quantitative estimate of drug-likeness (QED) is 0.728. The first-order valence-corrected chi connectivity index (χ1v) is 4.61. The summed E-state index contributed by atoms with van der Waals surface area (Å²) in [6.07, 6.45) is 5.47. The Balaban J connectivity index is 2.52. The molecule has 0 spiro atoms. The highest BCUT2D eigenvalue weighted by molar-refractivity contribution is 5.09. The van der Waals surface area contributed by atoms with Gasteiger partial charge in [0, 0.05) is 25.5 Å². The molecule has 1 atom stereocenters. The second-order valence-corrected chi connectivity index (χ2v) is 3.43. The molecule has 1 rings (SSSR count). The Hall–Kier alpha value is -0.760. The molecular formula is C10H18N2. The van der Waals surface area contributed by atoms with Crippen LogP contribution < -0.4 is 5.73 Å². The Kier molecular flexibility index (Phi) is 3.35. The molecule has 68 valence electrons. The van der Waals surface area contributed by atoms with Crippen LogP contribution in [-0.4, -0.2) is 4.57 Å². The average molecular weight is 166 g/mol. The predicted molar refractivity (Wildman–Crippen MR) is 51.8 cm³/mol. The topological polar surface area (TPSA) is 30.9 Å². The van der Waals surface area contributed by atoms with Crippen LogP contribution in [0.5, 0.6) is 0 Å². The number of nitrogens with two attached hydrogens (primary N) is 1. The summed E-state index contributed by atoms with van der Waals surface area (Å²) in [6, 6.07) is 2.09. The van der Waals surface area contributed by atoms with Crippen LogP contribution in [0, 0.1) is 5.92 Å². The van der Waals surface area contributed by atoms with Gasteiger partial charge in [-0.1, -0.05) is 20.3 Å². The van der Waals surface area contributed by atoms with Crippen LogP contribution in [0.15, 0.2) is 18.5 Å². The van der Waals surface area contributed by atoms with E-state index in [2.05, 4.69) is 36.9 Å². The lowest BCUT2D eigenvalue weighted by Gasteiger charge is -2.08. The van der Waals surface area contributed by atoms with Crippen molar-refractivity contribution in [2.24, 2.45) is 11.7 Å². The van der Waals surface area contributed by atoms with Gasteiger partial charge in [-0.05, 0) is 17.5 Å². The van der Waals surface area contributed by atoms with Gasteiger partial charge >= 0.3 is 0 Å². The minimum atomic E-state index is 0.646. The fourth-order valence-electron chi connectivity index (χ4n) is 1.21. The van der Waals surface area contributed by atoms with E-state index in [1.807, 2.05) is 0 Å². The van der Waals surface area contributed by atoms with Crippen molar-refractivity contribution < 1.29 is 0 Å². The van der Waals surface area contributed by atoms with Gasteiger partial charge < -0.3 is 10.3 Å². The van der Waals surface area contributed by atoms with E-state index in [4.69, 9.17) is 5.73 Å². The van der Waals surface area contributed by atoms with Crippen molar-refractivity contribution in [3.8, 4) is 0 Å². The first kappa shape index (κ1) is 9.33. The summed E-state index contributed by atoms with van der Waals surface area (Å²) in [5.74, 6) is 0.753. The maximum Gasteiger partial charge on any atom is 0.0245 e. The summed E-state index contributed by atoms with van der Waals surface area (Å²) in [5.41, 5.74) is 6.73. The van der Waals surface area contributed by atoms with E-state index in [-0.39, 0.29) is 0 Å². The monoisotopic (exact) mass is 166 g/mol. The number of hydrogen-bond donors (Lipinski definition) is 1. The molecule has 0 bridgehead atoms. The summed E-state index contributed by atoms with van der Waals surface area (Å²) in [5, 5.41) is 0. The zero-order chi connectivity index (χ0) is 8.97. The van der Waals surface area contributed by atoms with Gasteiger partial charge in [-0.15, -0.1) is 0 Å². The molecule has 0 saturated carbocycles. The average Bonchev–Trinajstić information content (AvgIpc) is 2.52. The predicted octanol–water partition coefficient (Wildman–Crippen LogP) is 1.99. The second-order valence-electron chi connectivity index (χ2n) is 3.43. The molecule has 0 radical (unpaired) electrons. The number of nitrogens with zero attached hydrogens (tertiary/aromatic N) is 1. The van der Waals surface area contributed by atoms with E-state index in [0.29, 0.717) is 6.54 Å². The second kappa shape index (κ2) is 4.31. The molecule has 0 saturated heterocycles. The van der Waals surface area contributed by atoms with Crippen molar-refractivity contribution in [2.45, 2.75) is 33.4 Å². The van der Waals surface area contributed by atoms with Crippen LogP contribution in [-0.2, 0) is 13.1 Å². The van der Waals surface area contributed by atoms with Gasteiger partial charge in [0.15, 0.2) is 0 Å². The van der Waals surface area contributed by atoms with Crippen molar-refractivity contribution in [1.29, 1.82) is 0 Å². The summed E-state index contributed by atoms with van der Waals surface area (Å²) in [4.78, 5) is 0. The lowest BCUT2D eigenvalue weighted by molar-refractivity contribution is 0.469. The van der Waals surface area contributed by atoms with Gasteiger partial charge in [0.05, 0.1) is 0 Å². The molecule has 2 heteroatoms. The lowest BCUT2D eigenvalue weighted by Crippen LogP contribution is -2.04. The highest BCUT2D eigenvalue weighted by atomic mass is 14.9. The third-order valence-electron chi connectivity index (χ3n) is 2.27. The van der Waals surface area contributed by atoms with E-state index >= 15 is 0 Å². The van der Waals surface area contributed by atoms with E-state index in [1.54, 1.807) is 0 Å². The molecule has 1 heterocycles. The van der Waals surface area contributed by atoms with Crippen LogP contribution >= 0.6 is 0 Å². The van der Waals surface area contributed by atoms with Crippen molar-refractivity contribution in [1.82, 2.24) is 4.57 Å². The van der Waals surface area contributed by atoms with Crippen LogP contribution in [0.1, 0.15) is 25.8 Å². The van der Waals surface area contributed by atoms with Gasteiger partial charge in [-0.2, -0.15) is 0 Å². The smallest absolute Gasteiger partial charge is 0.0245 e. The third kappa shape index (κ3) is 2.38. The zero-order valence-electron chi connectivity index (χ0n) is 7.96. The Morgan fingerprint density at radius 2 is 2.33 bits per heavy atom. The fraction of sp³-hybridized carbons (Fsp3) is 0.600. The van der Waals surface area contributed by atoms with Gasteiger partial charge in [-0.3, -0.25) is 0 Å². The van der Waals surface area contributed by atoms with Crippen molar-refractivity contribution in [3.05, 3.63) is 24.0 Å². The molecule has 0 aliphatic heterocycles. The molecule has 2 N–H and O–H groups in total. The summed E-state index contributed by atoms with van der Waals surface area (Å²) in [6.45, 7) is 6.24. The van der Waals surface area contributed by atoms with Crippen LogP contribution in [0.2, 0.25) is 0 Å². The van der Waals surface area contributed by atoms with Gasteiger partial charge in [-0.25, -0.2) is 0 Å². The molecule has 0 amide bonds. The number of rotatable bonds is 4. The van der Waals surface area contributed by atoms with Crippen molar-refractivity contribution in [2.75, 3.05) is 0 Å². The molecule has 1 aromatic rings. The first-order chi connectivity index (χ1) is 5.76. The molecule has 0 aliphatic carbocycles. The van der Waals surface area contributed by atoms with E-state index in [0.717, 1.165) is 12.5 Å². The molecule has 1 unspecified atom stereocenters. The summed E-state index contributed by atoms with van der Waals surface area (Å²) < 4.78 is 2.22. The molecule has 2 nitrogen and oxygen atoms in total. The number of hydrogen-bond acceptors (Lipinski definition) is 1. The fourth-order valence-corrected chi connectivity index (χ4v) is 1.21. The van der Waals surface area contributed by atoms with Crippen molar-refractivity contribution >= 4 is 0 Å². The van der Waals surface area contributed by atoms with Crippen molar-refractivity contribution in [3.63, 3.8) is 0 Å².